The Morgan fingerprint density at radius 2 is 1.31 bits per heavy atom. The molecular weight excluding hydrogens is 314 g/mol. The van der Waals surface area contributed by atoms with Gasteiger partial charge in [0, 0.05) is 24.3 Å². The Morgan fingerprint density at radius 3 is 1.92 bits per heavy atom. The zero-order chi connectivity index (χ0) is 17.8. The Morgan fingerprint density at radius 1 is 0.692 bits per heavy atom. The van der Waals surface area contributed by atoms with Gasteiger partial charge in [-0.05, 0) is 47.4 Å². The topological polar surface area (TPSA) is 3.24 Å². The maximum Gasteiger partial charge on any atom is 0.0408 e. The largest absolute Gasteiger partial charge is 0.345 e. The molecule has 1 aliphatic rings. The van der Waals surface area contributed by atoms with Crippen molar-refractivity contribution in [2.24, 2.45) is 0 Å². The highest BCUT2D eigenvalue weighted by Gasteiger charge is 2.10. The van der Waals surface area contributed by atoms with E-state index in [1.54, 1.807) is 0 Å². The highest BCUT2D eigenvalue weighted by Crippen LogP contribution is 2.30. The third-order valence-electron chi connectivity index (χ3n) is 5.05. The van der Waals surface area contributed by atoms with E-state index in [1.165, 1.54) is 28.1 Å². The molecule has 0 amide bonds. The molecule has 0 N–H and O–H groups in total. The number of allylic oxidation sites excluding steroid dienone is 4. The minimum atomic E-state index is 0.504. The zero-order valence-corrected chi connectivity index (χ0v) is 15.0. The minimum absolute atomic E-state index is 0.504. The van der Waals surface area contributed by atoms with E-state index >= 15 is 0 Å². The highest BCUT2D eigenvalue weighted by atomic mass is 15.1. The molecule has 1 nitrogen and oxygen atoms in total. The summed E-state index contributed by atoms with van der Waals surface area (Å²) in [6.45, 7) is 0. The minimum Gasteiger partial charge on any atom is -0.345 e. The zero-order valence-electron chi connectivity index (χ0n) is 15.0. The van der Waals surface area contributed by atoms with Gasteiger partial charge in [-0.2, -0.15) is 0 Å². The Balaban J connectivity index is 1.51. The molecule has 1 atom stereocenters. The van der Waals surface area contributed by atoms with Crippen molar-refractivity contribution in [3.05, 3.63) is 109 Å². The molecule has 26 heavy (non-hydrogen) atoms. The molecule has 3 aromatic carbocycles. The van der Waals surface area contributed by atoms with E-state index in [-0.39, 0.29) is 0 Å². The first-order chi connectivity index (χ1) is 12.8. The van der Waals surface area contributed by atoms with Gasteiger partial charge in [-0.3, -0.25) is 0 Å². The molecule has 0 heterocycles. The Kier molecular flexibility index (Phi) is 4.70. The third-order valence-corrected chi connectivity index (χ3v) is 5.05. The second-order valence-corrected chi connectivity index (χ2v) is 6.72. The summed E-state index contributed by atoms with van der Waals surface area (Å²) < 4.78 is 0. The lowest BCUT2D eigenvalue weighted by Crippen LogP contribution is -2.09. The van der Waals surface area contributed by atoms with Crippen molar-refractivity contribution in [1.29, 1.82) is 0 Å². The number of nitrogens with zero attached hydrogens (tertiary/aromatic N) is 1. The molecule has 0 spiro atoms. The lowest BCUT2D eigenvalue weighted by Gasteiger charge is -2.21. The average Bonchev–Trinajstić information content (AvgIpc) is 2.75. The lowest BCUT2D eigenvalue weighted by molar-refractivity contribution is 0.853. The molecule has 0 aromatic heterocycles. The number of hydrogen-bond acceptors (Lipinski definition) is 1. The van der Waals surface area contributed by atoms with Gasteiger partial charge in [0.25, 0.3) is 0 Å². The predicted octanol–water partition coefficient (Wildman–Crippen LogP) is 6.72. The van der Waals surface area contributed by atoms with Crippen LogP contribution in [0.2, 0.25) is 0 Å². The van der Waals surface area contributed by atoms with Crippen molar-refractivity contribution >= 4 is 11.4 Å². The Hall–Kier alpha value is -3.06. The van der Waals surface area contributed by atoms with Crippen molar-refractivity contribution in [3.63, 3.8) is 0 Å². The van der Waals surface area contributed by atoms with Crippen molar-refractivity contribution in [2.45, 2.75) is 12.3 Å². The highest BCUT2D eigenvalue weighted by molar-refractivity contribution is 5.69. The molecular formula is C25H23N. The smallest absolute Gasteiger partial charge is 0.0408 e. The number of anilines is 2. The van der Waals surface area contributed by atoms with Crippen LogP contribution in [0.25, 0.3) is 11.1 Å². The molecule has 3 aromatic rings. The maximum absolute atomic E-state index is 2.28. The Labute approximate surface area is 155 Å². The second-order valence-electron chi connectivity index (χ2n) is 6.72. The molecule has 4 rings (SSSR count). The van der Waals surface area contributed by atoms with Gasteiger partial charge in [-0.15, -0.1) is 0 Å². The van der Waals surface area contributed by atoms with E-state index in [0.29, 0.717) is 5.92 Å². The van der Waals surface area contributed by atoms with E-state index in [1.807, 2.05) is 0 Å². The van der Waals surface area contributed by atoms with Crippen LogP contribution in [0.1, 0.15) is 17.9 Å². The van der Waals surface area contributed by atoms with Crippen LogP contribution in [-0.4, -0.2) is 7.05 Å². The van der Waals surface area contributed by atoms with Gasteiger partial charge in [-0.25, -0.2) is 0 Å². The van der Waals surface area contributed by atoms with Crippen LogP contribution in [0.15, 0.2) is 103 Å². The first kappa shape index (κ1) is 16.4. The molecule has 128 valence electrons. The lowest BCUT2D eigenvalue weighted by atomic mass is 9.92. The first-order valence-electron chi connectivity index (χ1n) is 9.14. The van der Waals surface area contributed by atoms with Gasteiger partial charge >= 0.3 is 0 Å². The molecule has 0 saturated carbocycles. The van der Waals surface area contributed by atoms with Crippen molar-refractivity contribution in [2.75, 3.05) is 11.9 Å². The SMILES string of the molecule is CN(c1ccc(-c2ccccc2)cc1)c1ccc(C2C=CC=CC2)cc1. The summed E-state index contributed by atoms with van der Waals surface area (Å²) >= 11 is 0. The van der Waals surface area contributed by atoms with E-state index in [9.17, 15) is 0 Å². The van der Waals surface area contributed by atoms with E-state index in [4.69, 9.17) is 0 Å². The van der Waals surface area contributed by atoms with Gasteiger partial charge < -0.3 is 4.90 Å². The summed E-state index contributed by atoms with van der Waals surface area (Å²) in [5.74, 6) is 0.504. The Bertz CT molecular complexity index is 903. The summed E-state index contributed by atoms with van der Waals surface area (Å²) in [5.41, 5.74) is 6.27. The summed E-state index contributed by atoms with van der Waals surface area (Å²) in [4.78, 5) is 2.23. The van der Waals surface area contributed by atoms with Crippen molar-refractivity contribution in [1.82, 2.24) is 0 Å². The van der Waals surface area contributed by atoms with Gasteiger partial charge in [0.15, 0.2) is 0 Å². The summed E-state index contributed by atoms with van der Waals surface area (Å²) in [5, 5.41) is 0. The monoisotopic (exact) mass is 337 g/mol. The maximum atomic E-state index is 2.28. The van der Waals surface area contributed by atoms with Crippen molar-refractivity contribution < 1.29 is 0 Å². The molecule has 1 unspecified atom stereocenters. The summed E-state index contributed by atoms with van der Waals surface area (Å²) in [6.07, 6.45) is 9.87. The van der Waals surface area contributed by atoms with Gasteiger partial charge in [-0.1, -0.05) is 78.9 Å². The normalized spacial score (nSPS) is 15.8. The molecule has 1 aliphatic carbocycles. The van der Waals surface area contributed by atoms with Gasteiger partial charge in [0.05, 0.1) is 0 Å². The summed E-state index contributed by atoms with van der Waals surface area (Å²) in [7, 11) is 2.12. The van der Waals surface area contributed by atoms with Crippen LogP contribution in [0, 0.1) is 0 Å². The van der Waals surface area contributed by atoms with Crippen LogP contribution in [0.3, 0.4) is 0 Å². The third kappa shape index (κ3) is 3.48. The van der Waals surface area contributed by atoms with Crippen LogP contribution < -0.4 is 4.90 Å². The number of benzene rings is 3. The predicted molar refractivity (Wildman–Crippen MR) is 112 cm³/mol. The average molecular weight is 337 g/mol. The molecule has 0 saturated heterocycles. The standard InChI is InChI=1S/C25H23N/c1-26(24-16-12-22(13-17-24)20-8-4-2-5-9-20)25-18-14-23(15-19-25)21-10-6-3-7-11-21/h2-10,12-19,21H,11H2,1H3. The van der Waals surface area contributed by atoms with E-state index < -0.39 is 0 Å². The van der Waals surface area contributed by atoms with Gasteiger partial charge in [0.1, 0.15) is 0 Å². The molecule has 0 bridgehead atoms. The first-order valence-corrected chi connectivity index (χ1v) is 9.14. The number of rotatable bonds is 4. The summed E-state index contributed by atoms with van der Waals surface area (Å²) in [6, 6.07) is 28.2. The van der Waals surface area contributed by atoms with Crippen LogP contribution in [0.5, 0.6) is 0 Å². The van der Waals surface area contributed by atoms with E-state index in [0.717, 1.165) is 6.42 Å². The molecule has 1 heteroatoms. The van der Waals surface area contributed by atoms with E-state index in [2.05, 4.69) is 115 Å². The van der Waals surface area contributed by atoms with Crippen LogP contribution in [-0.2, 0) is 0 Å². The van der Waals surface area contributed by atoms with Crippen LogP contribution in [0.4, 0.5) is 11.4 Å². The van der Waals surface area contributed by atoms with Crippen LogP contribution >= 0.6 is 0 Å². The fourth-order valence-electron chi connectivity index (χ4n) is 3.43. The number of hydrogen-bond donors (Lipinski definition) is 0. The van der Waals surface area contributed by atoms with Crippen molar-refractivity contribution in [3.8, 4) is 11.1 Å². The fraction of sp³-hybridized carbons (Fsp3) is 0.120. The second kappa shape index (κ2) is 7.45. The quantitative estimate of drug-likeness (QED) is 0.510. The molecule has 0 aliphatic heterocycles. The van der Waals surface area contributed by atoms with Gasteiger partial charge in [0.2, 0.25) is 0 Å². The molecule has 0 radical (unpaired) electrons. The fourth-order valence-corrected chi connectivity index (χ4v) is 3.43. The molecule has 0 fully saturated rings.